The summed E-state index contributed by atoms with van der Waals surface area (Å²) in [5.74, 6) is -9.90. The van der Waals surface area contributed by atoms with Crippen LogP contribution < -0.4 is 16.7 Å². The fourth-order valence-electron chi connectivity index (χ4n) is 15.0. The van der Waals surface area contributed by atoms with E-state index in [1.54, 1.807) is 118 Å². The summed E-state index contributed by atoms with van der Waals surface area (Å²) < 4.78 is 159. The van der Waals surface area contributed by atoms with Crippen LogP contribution in [0.1, 0.15) is 192 Å². The summed E-state index contributed by atoms with van der Waals surface area (Å²) in [7, 11) is -16.3. The number of ether oxygens (including phenoxy) is 2. The average Bonchev–Trinajstić information content (AvgIpc) is 0.725. The summed E-state index contributed by atoms with van der Waals surface area (Å²) in [4.78, 5) is 3.07. The zero-order chi connectivity index (χ0) is 79.8. The molecule has 20 nitrogen and oxygen atoms in total. The second-order valence-corrected chi connectivity index (χ2v) is 35.4. The van der Waals surface area contributed by atoms with E-state index in [0.717, 1.165) is 45.5 Å². The molecule has 10 aromatic rings. The lowest BCUT2D eigenvalue weighted by atomic mass is 9.79. The van der Waals surface area contributed by atoms with Gasteiger partial charge < -0.3 is 46.6 Å². The first-order chi connectivity index (χ1) is 52.6. The Balaban J connectivity index is 1.25. The molecule has 10 aromatic carbocycles. The monoisotopic (exact) mass is 1580 g/mol. The molecule has 10 bridgehead atoms. The van der Waals surface area contributed by atoms with Crippen molar-refractivity contribution in [3.05, 3.63) is 283 Å². The minimum absolute atomic E-state index is 0.0131. The normalized spacial score (nSPS) is 18.1. The lowest BCUT2D eigenvalue weighted by molar-refractivity contribution is -0.217. The number of phenols is 4. The maximum absolute atomic E-state index is 15.1. The molecule has 4 N–H and O–H groups in total. The van der Waals surface area contributed by atoms with Crippen molar-refractivity contribution < 1.29 is 80.3 Å². The molecule has 0 fully saturated rings. The summed E-state index contributed by atoms with van der Waals surface area (Å²) in [5, 5.41) is 54.6. The molecule has 0 saturated heterocycles. The Morgan fingerprint density at radius 1 is 0.351 bits per heavy atom. The van der Waals surface area contributed by atoms with Crippen LogP contribution in [0.3, 0.4) is 0 Å². The fourth-order valence-corrected chi connectivity index (χ4v) is 18.8. The molecule has 0 spiro atoms. The number of nitrogens with zero attached hydrogens (tertiary/aromatic N) is 2. The van der Waals surface area contributed by atoms with Gasteiger partial charge in [-0.15, -0.1) is 0 Å². The van der Waals surface area contributed by atoms with E-state index in [1.165, 1.54) is 72.8 Å². The Hall–Kier alpha value is -9.76. The number of fused-ring (bicyclic) bond motifs is 10. The van der Waals surface area contributed by atoms with Crippen LogP contribution in [0.4, 0.5) is 0 Å². The molecular formula is C87H94N2O18S4. The molecule has 24 heteroatoms. The Bertz CT molecular complexity index is 4950. The van der Waals surface area contributed by atoms with Crippen LogP contribution >= 0.6 is 0 Å². The van der Waals surface area contributed by atoms with Gasteiger partial charge in [0.15, 0.2) is 28.8 Å². The van der Waals surface area contributed by atoms with Crippen LogP contribution in [0.5, 0.6) is 46.0 Å². The van der Waals surface area contributed by atoms with Crippen molar-refractivity contribution in [3.63, 3.8) is 0 Å². The Labute approximate surface area is 652 Å². The molecule has 2 aliphatic heterocycles. The van der Waals surface area contributed by atoms with Crippen molar-refractivity contribution in [2.24, 2.45) is 0 Å². The molecule has 3 aliphatic rings. The SMILES string of the molecule is COC1(OC)CCCN([C@H](C)c2ccccc2)Cc2c(O)c3cc(c2O)C(C)c2cc(c(OS(=O)(=O)c4ccc(C)cc4)cc2OS(=O)(=O)c2ccc(C)cc2)C(C)c2cc(c(O)c(c2O)CN([C@H](C)c2ccccc2)CCC1)C(C)c1cc(c(OS(=O)(=O)c2ccc(C)cc2)cc1OS(=O)(=O)c1ccc(C)cc1)C3C. The highest BCUT2D eigenvalue weighted by Crippen LogP contribution is 2.54. The summed E-state index contributed by atoms with van der Waals surface area (Å²) in [6, 6.07) is 50.2. The lowest BCUT2D eigenvalue weighted by Gasteiger charge is -2.36. The van der Waals surface area contributed by atoms with E-state index in [-0.39, 0.29) is 101 Å². The summed E-state index contributed by atoms with van der Waals surface area (Å²) in [6.07, 6.45) is 1.52. The Morgan fingerprint density at radius 3 is 0.820 bits per heavy atom. The van der Waals surface area contributed by atoms with E-state index < -0.39 is 128 Å². The van der Waals surface area contributed by atoms with E-state index >= 15 is 33.7 Å². The van der Waals surface area contributed by atoms with Gasteiger partial charge in [-0.3, -0.25) is 9.80 Å². The topological polar surface area (TPSA) is 279 Å². The first-order valence-corrected chi connectivity index (χ1v) is 42.5. The Kier molecular flexibility index (Phi) is 23.7. The number of hydrogen-bond acceptors (Lipinski definition) is 20. The minimum atomic E-state index is -4.88. The van der Waals surface area contributed by atoms with E-state index in [4.69, 9.17) is 26.2 Å². The summed E-state index contributed by atoms with van der Waals surface area (Å²) in [6.45, 7) is 17.9. The third-order valence-corrected chi connectivity index (χ3v) is 27.0. The maximum Gasteiger partial charge on any atom is 0.339 e. The molecule has 0 aromatic heterocycles. The highest BCUT2D eigenvalue weighted by Gasteiger charge is 2.39. The minimum Gasteiger partial charge on any atom is -0.507 e. The molecule has 4 unspecified atom stereocenters. The van der Waals surface area contributed by atoms with Crippen molar-refractivity contribution in [1.82, 2.24) is 9.80 Å². The van der Waals surface area contributed by atoms with Gasteiger partial charge in [-0.05, 0) is 151 Å². The van der Waals surface area contributed by atoms with Crippen LogP contribution in [0.25, 0.3) is 0 Å². The molecular weight excluding hydrogens is 1490 g/mol. The van der Waals surface area contributed by atoms with E-state index in [1.807, 2.05) is 74.5 Å². The van der Waals surface area contributed by atoms with Gasteiger partial charge in [-0.1, -0.05) is 159 Å². The van der Waals surface area contributed by atoms with Crippen molar-refractivity contribution in [2.45, 2.75) is 169 Å². The molecule has 2 heterocycles. The largest absolute Gasteiger partial charge is 0.507 e. The molecule has 13 rings (SSSR count). The van der Waals surface area contributed by atoms with Crippen LogP contribution in [0.15, 0.2) is 214 Å². The maximum atomic E-state index is 15.1. The predicted octanol–water partition coefficient (Wildman–Crippen LogP) is 17.4. The molecule has 1 aliphatic carbocycles. The number of aryl methyl sites for hydroxylation is 4. The zero-order valence-corrected chi connectivity index (χ0v) is 67.4. The van der Waals surface area contributed by atoms with Crippen molar-refractivity contribution in [1.29, 1.82) is 0 Å². The summed E-state index contributed by atoms with van der Waals surface area (Å²) >= 11 is 0. The quantitative estimate of drug-likeness (QED) is 0.0459. The van der Waals surface area contributed by atoms with Crippen molar-refractivity contribution >= 4 is 40.5 Å². The number of benzene rings is 10. The van der Waals surface area contributed by atoms with Crippen LogP contribution in [0, 0.1) is 27.7 Å². The number of rotatable bonds is 18. The van der Waals surface area contributed by atoms with Crippen LogP contribution in [-0.4, -0.2) is 97.0 Å². The van der Waals surface area contributed by atoms with E-state index in [9.17, 15) is 20.4 Å². The van der Waals surface area contributed by atoms with E-state index in [2.05, 4.69) is 9.80 Å². The van der Waals surface area contributed by atoms with Crippen LogP contribution in [-0.2, 0) is 63.0 Å². The molecule has 584 valence electrons. The van der Waals surface area contributed by atoms with Gasteiger partial charge in [0.25, 0.3) is 0 Å². The van der Waals surface area contributed by atoms with Crippen molar-refractivity contribution in [2.75, 3.05) is 27.3 Å². The molecule has 111 heavy (non-hydrogen) atoms. The van der Waals surface area contributed by atoms with E-state index in [0.29, 0.717) is 25.7 Å². The highest BCUT2D eigenvalue weighted by molar-refractivity contribution is 7.88. The summed E-state index contributed by atoms with van der Waals surface area (Å²) in [5.41, 5.74) is 4.80. The third-order valence-electron chi connectivity index (χ3n) is 22.0. The van der Waals surface area contributed by atoms with Crippen LogP contribution in [0.2, 0.25) is 0 Å². The first-order valence-electron chi connectivity index (χ1n) is 36.9. The standard InChI is InChI=1S/C87H94N2O18S4/c1-53-25-33-65(34-26-53)108(94,95)104-79-49-80(105-109(96,97)66-35-27-54(2)28-36-66)70-45-69(79)57(5)73-47-74-59(7)71-46-72(82(107-111(100,101)68-39-31-56(4)32-40-68)50-81(71)106-110(98,99)67-37-29-55(3)30-38-67)60(8)76-48-75(58(70)6)85(92)78(86(76)93)52-89(62(10)64-23-17-14-18-24-64)44-20-42-87(102-11,103-12)41-19-43-88(51-77(83(73)90)84(74)91)61(9)63-21-15-13-16-22-63/h13-18,21-40,45-50,57-62,90-93H,19-20,41-44,51-52H2,1-12H3/t57?,58?,59?,60?,61-,62-/m1/s1. The Morgan fingerprint density at radius 2 is 0.586 bits per heavy atom. The zero-order valence-electron chi connectivity index (χ0n) is 64.1. The first kappa shape index (κ1) is 80.7. The average molecular weight is 1580 g/mol. The van der Waals surface area contributed by atoms with Gasteiger partial charge >= 0.3 is 40.5 Å². The van der Waals surface area contributed by atoms with Gasteiger partial charge in [-0.2, -0.15) is 33.7 Å². The number of hydrogen-bond donors (Lipinski definition) is 4. The molecule has 6 atom stereocenters. The van der Waals surface area contributed by atoms with Gasteiger partial charge in [0.1, 0.15) is 42.6 Å². The van der Waals surface area contributed by atoms with Gasteiger partial charge in [-0.25, -0.2) is 0 Å². The second-order valence-electron chi connectivity index (χ2n) is 29.2. The molecule has 0 amide bonds. The van der Waals surface area contributed by atoms with Gasteiger partial charge in [0.05, 0.1) is 11.1 Å². The third kappa shape index (κ3) is 17.0. The molecule has 0 saturated carbocycles. The predicted molar refractivity (Wildman–Crippen MR) is 424 cm³/mol. The highest BCUT2D eigenvalue weighted by atomic mass is 32.2. The number of phenolic OH excluding ortho intramolecular Hbond substituents is 4. The fraction of sp³-hybridized carbons (Fsp3) is 0.310. The van der Waals surface area contributed by atoms with Crippen molar-refractivity contribution in [3.8, 4) is 46.0 Å². The second kappa shape index (κ2) is 32.5. The molecule has 0 radical (unpaired) electrons. The smallest absolute Gasteiger partial charge is 0.339 e. The van der Waals surface area contributed by atoms with Gasteiger partial charge in [0.2, 0.25) is 0 Å². The lowest BCUT2D eigenvalue weighted by Crippen LogP contribution is -2.37. The number of methoxy groups -OCH3 is 2. The number of aromatic hydroxyl groups is 4. The van der Waals surface area contributed by atoms with Gasteiger partial charge in [0, 0.05) is 133 Å².